The summed E-state index contributed by atoms with van der Waals surface area (Å²) in [6, 6.07) is 14.4. The second-order valence-electron chi connectivity index (χ2n) is 5.03. The first-order valence-electron chi connectivity index (χ1n) is 6.49. The SMILES string of the molecule is CN(C)CCC[C@@H](O)c1cccc2ccccc12. The molecule has 0 saturated carbocycles. The van der Waals surface area contributed by atoms with Crippen LogP contribution in [-0.4, -0.2) is 30.6 Å². The maximum absolute atomic E-state index is 10.3. The lowest BCUT2D eigenvalue weighted by Crippen LogP contribution is -2.13. The summed E-state index contributed by atoms with van der Waals surface area (Å²) in [7, 11) is 4.12. The van der Waals surface area contributed by atoms with E-state index < -0.39 is 0 Å². The van der Waals surface area contributed by atoms with Crippen molar-refractivity contribution in [2.75, 3.05) is 20.6 Å². The summed E-state index contributed by atoms with van der Waals surface area (Å²) in [6.45, 7) is 1.02. The van der Waals surface area contributed by atoms with Gasteiger partial charge in [-0.25, -0.2) is 0 Å². The van der Waals surface area contributed by atoms with E-state index in [1.54, 1.807) is 0 Å². The van der Waals surface area contributed by atoms with Crippen molar-refractivity contribution in [2.45, 2.75) is 18.9 Å². The minimum atomic E-state index is -0.365. The Hall–Kier alpha value is -1.38. The van der Waals surface area contributed by atoms with Gasteiger partial charge in [-0.1, -0.05) is 42.5 Å². The molecular weight excluding hydrogens is 222 g/mol. The minimum Gasteiger partial charge on any atom is -0.388 e. The molecule has 0 aliphatic carbocycles. The van der Waals surface area contributed by atoms with Crippen LogP contribution in [0.15, 0.2) is 42.5 Å². The molecule has 0 radical (unpaired) electrons. The number of benzene rings is 2. The molecule has 1 atom stereocenters. The van der Waals surface area contributed by atoms with Crippen molar-refractivity contribution >= 4 is 10.8 Å². The standard InChI is InChI=1S/C16H21NO/c1-17(2)12-6-11-16(18)15-10-5-8-13-7-3-4-9-14(13)15/h3-5,7-10,16,18H,6,11-12H2,1-2H3/t16-/m1/s1. The summed E-state index contributed by atoms with van der Waals surface area (Å²) in [5.74, 6) is 0. The van der Waals surface area contributed by atoms with Gasteiger partial charge in [-0.3, -0.25) is 0 Å². The van der Waals surface area contributed by atoms with Crippen LogP contribution >= 0.6 is 0 Å². The zero-order chi connectivity index (χ0) is 13.0. The van der Waals surface area contributed by atoms with Crippen LogP contribution in [0.1, 0.15) is 24.5 Å². The zero-order valence-corrected chi connectivity index (χ0v) is 11.1. The average Bonchev–Trinajstić information content (AvgIpc) is 2.37. The van der Waals surface area contributed by atoms with Gasteiger partial charge in [0.1, 0.15) is 0 Å². The molecule has 0 bridgehead atoms. The van der Waals surface area contributed by atoms with E-state index >= 15 is 0 Å². The third kappa shape index (κ3) is 3.09. The average molecular weight is 243 g/mol. The van der Waals surface area contributed by atoms with Gasteiger partial charge in [0.15, 0.2) is 0 Å². The summed E-state index contributed by atoms with van der Waals surface area (Å²) in [5.41, 5.74) is 1.05. The molecule has 2 aromatic rings. The van der Waals surface area contributed by atoms with Gasteiger partial charge in [0.25, 0.3) is 0 Å². The molecule has 0 unspecified atom stereocenters. The molecule has 0 aliphatic heterocycles. The predicted octanol–water partition coefficient (Wildman–Crippen LogP) is 3.22. The molecule has 18 heavy (non-hydrogen) atoms. The fourth-order valence-electron chi connectivity index (χ4n) is 2.30. The van der Waals surface area contributed by atoms with Crippen LogP contribution in [0, 0.1) is 0 Å². The highest BCUT2D eigenvalue weighted by Crippen LogP contribution is 2.26. The van der Waals surface area contributed by atoms with Crippen LogP contribution < -0.4 is 0 Å². The Kier molecular flexibility index (Phi) is 4.34. The van der Waals surface area contributed by atoms with Crippen molar-refractivity contribution in [3.05, 3.63) is 48.0 Å². The van der Waals surface area contributed by atoms with Gasteiger partial charge in [-0.2, -0.15) is 0 Å². The van der Waals surface area contributed by atoms with Crippen molar-refractivity contribution in [2.24, 2.45) is 0 Å². The molecule has 96 valence electrons. The van der Waals surface area contributed by atoms with Gasteiger partial charge in [0.05, 0.1) is 6.10 Å². The Morgan fingerprint density at radius 3 is 2.56 bits per heavy atom. The van der Waals surface area contributed by atoms with Crippen LogP contribution in [0.4, 0.5) is 0 Å². The van der Waals surface area contributed by atoms with E-state index in [1.807, 2.05) is 24.3 Å². The predicted molar refractivity (Wildman–Crippen MR) is 76.7 cm³/mol. The normalized spacial score (nSPS) is 13.1. The Labute approximate surface area is 109 Å². The van der Waals surface area contributed by atoms with Crippen molar-refractivity contribution in [3.8, 4) is 0 Å². The first kappa shape index (κ1) is 13.1. The number of aliphatic hydroxyl groups is 1. The molecule has 2 rings (SSSR count). The van der Waals surface area contributed by atoms with Crippen LogP contribution in [0.5, 0.6) is 0 Å². The number of hydrogen-bond acceptors (Lipinski definition) is 2. The fourth-order valence-corrected chi connectivity index (χ4v) is 2.30. The molecule has 0 aliphatic rings. The first-order valence-corrected chi connectivity index (χ1v) is 6.49. The number of rotatable bonds is 5. The molecule has 0 heterocycles. The van der Waals surface area contributed by atoms with Crippen LogP contribution in [0.2, 0.25) is 0 Å². The van der Waals surface area contributed by atoms with Crippen molar-refractivity contribution in [1.29, 1.82) is 0 Å². The van der Waals surface area contributed by atoms with Gasteiger partial charge < -0.3 is 10.0 Å². The lowest BCUT2D eigenvalue weighted by atomic mass is 9.98. The molecule has 0 saturated heterocycles. The highest BCUT2D eigenvalue weighted by Gasteiger charge is 2.10. The fraction of sp³-hybridized carbons (Fsp3) is 0.375. The summed E-state index contributed by atoms with van der Waals surface area (Å²) in [5, 5.41) is 12.7. The van der Waals surface area contributed by atoms with E-state index in [9.17, 15) is 5.11 Å². The smallest absolute Gasteiger partial charge is 0.0796 e. The third-order valence-electron chi connectivity index (χ3n) is 3.27. The monoisotopic (exact) mass is 243 g/mol. The van der Waals surface area contributed by atoms with Crippen LogP contribution in [-0.2, 0) is 0 Å². The van der Waals surface area contributed by atoms with Gasteiger partial charge >= 0.3 is 0 Å². The molecule has 0 aromatic heterocycles. The topological polar surface area (TPSA) is 23.5 Å². The molecule has 2 aromatic carbocycles. The van der Waals surface area contributed by atoms with E-state index in [-0.39, 0.29) is 6.10 Å². The molecule has 2 heteroatoms. The van der Waals surface area contributed by atoms with E-state index in [1.165, 1.54) is 5.39 Å². The van der Waals surface area contributed by atoms with Crippen LogP contribution in [0.3, 0.4) is 0 Å². The van der Waals surface area contributed by atoms with Crippen molar-refractivity contribution in [1.82, 2.24) is 4.90 Å². The highest BCUT2D eigenvalue weighted by atomic mass is 16.3. The molecule has 0 spiro atoms. The summed E-state index contributed by atoms with van der Waals surface area (Å²) >= 11 is 0. The van der Waals surface area contributed by atoms with E-state index in [4.69, 9.17) is 0 Å². The number of fused-ring (bicyclic) bond motifs is 1. The zero-order valence-electron chi connectivity index (χ0n) is 11.1. The molecule has 2 nitrogen and oxygen atoms in total. The largest absolute Gasteiger partial charge is 0.388 e. The van der Waals surface area contributed by atoms with E-state index in [2.05, 4.69) is 37.2 Å². The number of hydrogen-bond donors (Lipinski definition) is 1. The molecule has 0 amide bonds. The van der Waals surface area contributed by atoms with Crippen molar-refractivity contribution < 1.29 is 5.11 Å². The lowest BCUT2D eigenvalue weighted by Gasteiger charge is -2.15. The Balaban J connectivity index is 2.15. The number of nitrogens with zero attached hydrogens (tertiary/aromatic N) is 1. The van der Waals surface area contributed by atoms with E-state index in [0.717, 1.165) is 30.3 Å². The minimum absolute atomic E-state index is 0.365. The van der Waals surface area contributed by atoms with Gasteiger partial charge in [-0.15, -0.1) is 0 Å². The van der Waals surface area contributed by atoms with E-state index in [0.29, 0.717) is 0 Å². The van der Waals surface area contributed by atoms with Crippen molar-refractivity contribution in [3.63, 3.8) is 0 Å². The second-order valence-corrected chi connectivity index (χ2v) is 5.03. The van der Waals surface area contributed by atoms with Gasteiger partial charge in [0, 0.05) is 0 Å². The highest BCUT2D eigenvalue weighted by molar-refractivity contribution is 5.85. The summed E-state index contributed by atoms with van der Waals surface area (Å²) in [4.78, 5) is 2.15. The quantitative estimate of drug-likeness (QED) is 0.871. The summed E-state index contributed by atoms with van der Waals surface area (Å²) in [6.07, 6.45) is 1.46. The Morgan fingerprint density at radius 2 is 1.78 bits per heavy atom. The van der Waals surface area contributed by atoms with Gasteiger partial charge in [-0.05, 0) is 49.8 Å². The molecular formula is C16H21NO. The van der Waals surface area contributed by atoms with Gasteiger partial charge in [0.2, 0.25) is 0 Å². The Bertz CT molecular complexity index is 502. The Morgan fingerprint density at radius 1 is 1.06 bits per heavy atom. The molecule has 1 N–H and O–H groups in total. The maximum Gasteiger partial charge on any atom is 0.0796 e. The summed E-state index contributed by atoms with van der Waals surface area (Å²) < 4.78 is 0. The second kappa shape index (κ2) is 5.98. The lowest BCUT2D eigenvalue weighted by molar-refractivity contribution is 0.162. The van der Waals surface area contributed by atoms with Crippen LogP contribution in [0.25, 0.3) is 10.8 Å². The number of aliphatic hydroxyl groups excluding tert-OH is 1. The first-order chi connectivity index (χ1) is 8.68. The molecule has 0 fully saturated rings. The third-order valence-corrected chi connectivity index (χ3v) is 3.27. The maximum atomic E-state index is 10.3.